The maximum Gasteiger partial charge on any atom is 0.401 e. The summed E-state index contributed by atoms with van der Waals surface area (Å²) in [5.74, 6) is 0.0504. The minimum absolute atomic E-state index is 0.0462. The van der Waals surface area contributed by atoms with Crippen LogP contribution in [0.25, 0.3) is 11.1 Å². The smallest absolute Gasteiger partial charge is 0.372 e. The molecule has 5 nitrogen and oxygen atoms in total. The van der Waals surface area contributed by atoms with Crippen LogP contribution in [0.4, 0.5) is 18.9 Å². The van der Waals surface area contributed by atoms with Gasteiger partial charge in [0.15, 0.2) is 0 Å². The van der Waals surface area contributed by atoms with Crippen molar-refractivity contribution in [3.05, 3.63) is 40.6 Å². The Morgan fingerprint density at radius 1 is 1.20 bits per heavy atom. The highest BCUT2D eigenvalue weighted by Crippen LogP contribution is 2.33. The van der Waals surface area contributed by atoms with Gasteiger partial charge in [-0.1, -0.05) is 38.1 Å². The van der Waals surface area contributed by atoms with Crippen molar-refractivity contribution in [3.63, 3.8) is 0 Å². The fourth-order valence-corrected chi connectivity index (χ4v) is 3.72. The summed E-state index contributed by atoms with van der Waals surface area (Å²) in [5, 5.41) is 20.8. The summed E-state index contributed by atoms with van der Waals surface area (Å²) in [5.41, 5.74) is 3.37. The van der Waals surface area contributed by atoms with Crippen molar-refractivity contribution < 1.29 is 18.0 Å². The van der Waals surface area contributed by atoms with Crippen molar-refractivity contribution >= 4 is 22.9 Å². The fourth-order valence-electron chi connectivity index (χ4n) is 2.92. The maximum absolute atomic E-state index is 12.4. The first-order chi connectivity index (χ1) is 14.2. The molecule has 0 fully saturated rings. The molecule has 1 aromatic carbocycles. The van der Waals surface area contributed by atoms with Crippen LogP contribution in [-0.4, -0.2) is 31.2 Å². The molecule has 0 saturated heterocycles. The van der Waals surface area contributed by atoms with Crippen LogP contribution < -0.4 is 16.0 Å². The average molecular weight is 439 g/mol. The SMILES string of the molecule is CC(C)C[C@H](Nc1cscc1-c1ccc(CNCC(F)(F)F)cc1)C(=O)NCC#N. The Morgan fingerprint density at radius 3 is 2.50 bits per heavy atom. The number of hydrogen-bond acceptors (Lipinski definition) is 5. The van der Waals surface area contributed by atoms with Gasteiger partial charge in [-0.05, 0) is 23.5 Å². The molecule has 0 aliphatic carbocycles. The lowest BCUT2D eigenvalue weighted by molar-refractivity contribution is -0.125. The minimum Gasteiger partial charge on any atom is -0.372 e. The fraction of sp³-hybridized carbons (Fsp3) is 0.429. The number of thiophene rings is 1. The van der Waals surface area contributed by atoms with Gasteiger partial charge in [-0.2, -0.15) is 18.4 Å². The van der Waals surface area contributed by atoms with Crippen LogP contribution in [0.5, 0.6) is 0 Å². The molecular weight excluding hydrogens is 413 g/mol. The largest absolute Gasteiger partial charge is 0.401 e. The Balaban J connectivity index is 2.09. The zero-order valence-electron chi connectivity index (χ0n) is 16.8. The van der Waals surface area contributed by atoms with E-state index >= 15 is 0 Å². The summed E-state index contributed by atoms with van der Waals surface area (Å²) in [7, 11) is 0. The molecule has 162 valence electrons. The quantitative estimate of drug-likeness (QED) is 0.476. The standard InChI is InChI=1S/C21H25F3N4OS/c1-14(2)9-18(20(29)27-8-7-25)28-19-12-30-11-17(19)16-5-3-15(4-6-16)10-26-13-21(22,23)24/h3-6,11-12,14,18,26,28H,8-10,13H2,1-2H3,(H,27,29)/t18-/m0/s1. The number of hydrogen-bond donors (Lipinski definition) is 3. The van der Waals surface area contributed by atoms with Gasteiger partial charge in [-0.25, -0.2) is 0 Å². The van der Waals surface area contributed by atoms with E-state index in [1.54, 1.807) is 12.1 Å². The zero-order chi connectivity index (χ0) is 22.1. The van der Waals surface area contributed by atoms with Crippen molar-refractivity contribution in [2.24, 2.45) is 5.92 Å². The number of halogens is 3. The summed E-state index contributed by atoms with van der Waals surface area (Å²) in [6.07, 6.45) is -3.63. The molecule has 0 aliphatic heterocycles. The number of nitrogens with zero attached hydrogens (tertiary/aromatic N) is 1. The highest BCUT2D eigenvalue weighted by Gasteiger charge is 2.26. The summed E-state index contributed by atoms with van der Waals surface area (Å²) in [6, 6.07) is 8.70. The van der Waals surface area contributed by atoms with Crippen LogP contribution in [0.2, 0.25) is 0 Å². The number of rotatable bonds is 10. The molecule has 1 amide bonds. The normalized spacial score (nSPS) is 12.4. The van der Waals surface area contributed by atoms with E-state index < -0.39 is 18.8 Å². The second-order valence-electron chi connectivity index (χ2n) is 7.32. The van der Waals surface area contributed by atoms with E-state index in [-0.39, 0.29) is 24.9 Å². The molecule has 0 bridgehead atoms. The lowest BCUT2D eigenvalue weighted by atomic mass is 10.0. The number of anilines is 1. The van der Waals surface area contributed by atoms with Crippen LogP contribution in [0.15, 0.2) is 35.0 Å². The summed E-state index contributed by atoms with van der Waals surface area (Å²) in [6.45, 7) is 3.09. The molecule has 1 heterocycles. The predicted octanol–water partition coefficient (Wildman–Crippen LogP) is 4.53. The van der Waals surface area contributed by atoms with Crippen LogP contribution >= 0.6 is 11.3 Å². The van der Waals surface area contributed by atoms with Crippen molar-refractivity contribution in [1.29, 1.82) is 5.26 Å². The third-order valence-corrected chi connectivity index (χ3v) is 5.02. The first-order valence-electron chi connectivity index (χ1n) is 9.53. The Bertz CT molecular complexity index is 856. The Hall–Kier alpha value is -2.57. The molecule has 2 rings (SSSR count). The zero-order valence-corrected chi connectivity index (χ0v) is 17.7. The van der Waals surface area contributed by atoms with Gasteiger partial charge in [-0.3, -0.25) is 4.79 Å². The Kier molecular flexibility index (Phi) is 8.69. The molecule has 0 radical (unpaired) electrons. The maximum atomic E-state index is 12.4. The van der Waals surface area contributed by atoms with E-state index in [0.29, 0.717) is 6.42 Å². The number of nitrogens with one attached hydrogen (secondary N) is 3. The van der Waals surface area contributed by atoms with Crippen LogP contribution in [-0.2, 0) is 11.3 Å². The van der Waals surface area contributed by atoms with Crippen molar-refractivity contribution in [3.8, 4) is 17.2 Å². The van der Waals surface area contributed by atoms with E-state index in [0.717, 1.165) is 22.4 Å². The number of carbonyl (C=O) groups excluding carboxylic acids is 1. The second-order valence-corrected chi connectivity index (χ2v) is 8.06. The van der Waals surface area contributed by atoms with E-state index in [1.807, 2.05) is 42.8 Å². The highest BCUT2D eigenvalue weighted by atomic mass is 32.1. The molecule has 1 aromatic heterocycles. The van der Waals surface area contributed by atoms with Crippen molar-refractivity contribution in [1.82, 2.24) is 10.6 Å². The number of amides is 1. The first-order valence-corrected chi connectivity index (χ1v) is 10.5. The lowest BCUT2D eigenvalue weighted by Crippen LogP contribution is -2.40. The van der Waals surface area contributed by atoms with Gasteiger partial charge in [0, 0.05) is 22.9 Å². The molecule has 0 saturated carbocycles. The number of benzene rings is 1. The van der Waals surface area contributed by atoms with Crippen LogP contribution in [0, 0.1) is 17.2 Å². The Morgan fingerprint density at radius 2 is 1.90 bits per heavy atom. The van der Waals surface area contributed by atoms with Gasteiger partial charge >= 0.3 is 6.18 Å². The van der Waals surface area contributed by atoms with E-state index in [2.05, 4.69) is 16.0 Å². The van der Waals surface area contributed by atoms with Gasteiger partial charge < -0.3 is 16.0 Å². The van der Waals surface area contributed by atoms with Gasteiger partial charge in [-0.15, -0.1) is 11.3 Å². The molecular formula is C21H25F3N4OS. The summed E-state index contributed by atoms with van der Waals surface area (Å²) in [4.78, 5) is 12.4. The number of carbonyl (C=O) groups is 1. The number of alkyl halides is 3. The van der Waals surface area contributed by atoms with Crippen molar-refractivity contribution in [2.45, 2.75) is 39.0 Å². The van der Waals surface area contributed by atoms with E-state index in [4.69, 9.17) is 5.26 Å². The van der Waals surface area contributed by atoms with Gasteiger partial charge in [0.2, 0.25) is 5.91 Å². The average Bonchev–Trinajstić information content (AvgIpc) is 3.13. The third kappa shape index (κ3) is 7.69. The van der Waals surface area contributed by atoms with Crippen molar-refractivity contribution in [2.75, 3.05) is 18.4 Å². The highest BCUT2D eigenvalue weighted by molar-refractivity contribution is 7.08. The first kappa shape index (κ1) is 23.7. The number of nitriles is 1. The van der Waals surface area contributed by atoms with E-state index in [9.17, 15) is 18.0 Å². The predicted molar refractivity (Wildman–Crippen MR) is 113 cm³/mol. The van der Waals surface area contributed by atoms with E-state index in [1.165, 1.54) is 11.3 Å². The molecule has 2 aromatic rings. The molecule has 1 atom stereocenters. The van der Waals surface area contributed by atoms with Crippen LogP contribution in [0.3, 0.4) is 0 Å². The van der Waals surface area contributed by atoms with Gasteiger partial charge in [0.25, 0.3) is 0 Å². The summed E-state index contributed by atoms with van der Waals surface area (Å²) < 4.78 is 36.7. The molecule has 0 aliphatic rings. The van der Waals surface area contributed by atoms with Gasteiger partial charge in [0.1, 0.15) is 12.6 Å². The Labute approximate surface area is 178 Å². The minimum atomic E-state index is -4.23. The molecule has 0 spiro atoms. The van der Waals surface area contributed by atoms with Crippen LogP contribution in [0.1, 0.15) is 25.8 Å². The summed E-state index contributed by atoms with van der Waals surface area (Å²) >= 11 is 1.49. The third-order valence-electron chi connectivity index (χ3n) is 4.28. The molecule has 3 N–H and O–H groups in total. The van der Waals surface area contributed by atoms with Gasteiger partial charge in [0.05, 0.1) is 18.3 Å². The second kappa shape index (κ2) is 11.0. The molecule has 30 heavy (non-hydrogen) atoms. The monoisotopic (exact) mass is 438 g/mol. The molecule has 9 heteroatoms. The topological polar surface area (TPSA) is 76.9 Å². The lowest BCUT2D eigenvalue weighted by Gasteiger charge is -2.21. The molecule has 0 unspecified atom stereocenters.